The molecule has 1 atom stereocenters. The van der Waals surface area contributed by atoms with Gasteiger partial charge in [-0.05, 0) is 59.7 Å². The summed E-state index contributed by atoms with van der Waals surface area (Å²) in [6.45, 7) is 2.68. The molecule has 2 aliphatic rings. The van der Waals surface area contributed by atoms with Crippen LogP contribution in [-0.4, -0.2) is 52.7 Å². The molecule has 10 nitrogen and oxygen atoms in total. The number of hydrogen-bond donors (Lipinski definition) is 0. The number of aromatic nitrogens is 2. The third kappa shape index (κ3) is 6.46. The predicted octanol–water partition coefficient (Wildman–Crippen LogP) is 4.72. The third-order valence-electron chi connectivity index (χ3n) is 6.31. The number of anilines is 1. The number of hydrogen-bond acceptors (Lipinski definition) is 8. The fourth-order valence-corrected chi connectivity index (χ4v) is 4.42. The van der Waals surface area contributed by atoms with E-state index in [9.17, 15) is 23.3 Å². The Hall–Kier alpha value is -4.00. The number of nitrogens with zero attached hydrogens (tertiary/aromatic N) is 4. The van der Waals surface area contributed by atoms with Crippen LogP contribution in [-0.2, 0) is 17.9 Å². The Morgan fingerprint density at radius 2 is 1.74 bits per heavy atom. The predicted molar refractivity (Wildman–Crippen MR) is 128 cm³/mol. The van der Waals surface area contributed by atoms with Gasteiger partial charge in [-0.2, -0.15) is 0 Å². The first-order valence-electron chi connectivity index (χ1n) is 12.0. The van der Waals surface area contributed by atoms with Gasteiger partial charge in [0.15, 0.2) is 6.10 Å². The molecule has 0 aliphatic carbocycles. The number of imidazole rings is 1. The first kappa shape index (κ1) is 25.6. The van der Waals surface area contributed by atoms with Gasteiger partial charge in [0.1, 0.15) is 24.3 Å². The van der Waals surface area contributed by atoms with Crippen molar-refractivity contribution in [2.45, 2.75) is 44.6 Å². The van der Waals surface area contributed by atoms with Crippen molar-refractivity contribution in [2.24, 2.45) is 0 Å². The van der Waals surface area contributed by atoms with Crippen molar-refractivity contribution in [3.63, 3.8) is 0 Å². The lowest BCUT2D eigenvalue weighted by atomic mass is 10.1. The van der Waals surface area contributed by atoms with Crippen LogP contribution in [0.25, 0.3) is 0 Å². The molecule has 0 saturated carbocycles. The zero-order valence-corrected chi connectivity index (χ0v) is 20.2. The molecule has 3 heterocycles. The SMILES string of the molecule is O=[N+]([O-])c1cn2c(n1)O[C@@H](COc1ccc(N3CCC(OCc4ccc(OC(F)(F)F)cc4)CC3)cc1)C2. The number of piperidine rings is 1. The van der Waals surface area contributed by atoms with Crippen LogP contribution in [0.5, 0.6) is 17.5 Å². The fraction of sp³-hybridized carbons (Fsp3) is 0.400. The molecule has 0 amide bonds. The van der Waals surface area contributed by atoms with Crippen LogP contribution in [0.15, 0.2) is 54.7 Å². The monoisotopic (exact) mass is 534 g/mol. The molecule has 38 heavy (non-hydrogen) atoms. The van der Waals surface area contributed by atoms with E-state index < -0.39 is 11.3 Å². The fourth-order valence-electron chi connectivity index (χ4n) is 4.42. The van der Waals surface area contributed by atoms with Crippen LogP contribution in [0, 0.1) is 10.1 Å². The number of alkyl halides is 3. The van der Waals surface area contributed by atoms with Crippen LogP contribution >= 0.6 is 0 Å². The van der Waals surface area contributed by atoms with E-state index in [2.05, 4.69) is 14.6 Å². The summed E-state index contributed by atoms with van der Waals surface area (Å²) in [5, 5.41) is 10.8. The van der Waals surface area contributed by atoms with Gasteiger partial charge < -0.3 is 34.0 Å². The Balaban J connectivity index is 1.02. The van der Waals surface area contributed by atoms with Crippen molar-refractivity contribution in [2.75, 3.05) is 24.6 Å². The molecule has 3 aromatic rings. The Labute approximate surface area is 215 Å². The molecular weight excluding hydrogens is 509 g/mol. The van der Waals surface area contributed by atoms with Crippen molar-refractivity contribution >= 4 is 11.5 Å². The van der Waals surface area contributed by atoms with E-state index >= 15 is 0 Å². The largest absolute Gasteiger partial charge is 0.573 e. The molecule has 1 fully saturated rings. The maximum absolute atomic E-state index is 12.3. The van der Waals surface area contributed by atoms with Crippen LogP contribution in [0.1, 0.15) is 18.4 Å². The van der Waals surface area contributed by atoms with E-state index in [1.165, 1.54) is 18.3 Å². The van der Waals surface area contributed by atoms with Crippen LogP contribution in [0.2, 0.25) is 0 Å². The second-order valence-corrected chi connectivity index (χ2v) is 9.03. The quantitative estimate of drug-likeness (QED) is 0.287. The molecule has 0 radical (unpaired) electrons. The number of rotatable bonds is 9. The zero-order valence-electron chi connectivity index (χ0n) is 20.2. The lowest BCUT2D eigenvalue weighted by molar-refractivity contribution is -0.389. The van der Waals surface area contributed by atoms with E-state index in [0.717, 1.165) is 37.2 Å². The number of fused-ring (bicyclic) bond motifs is 1. The van der Waals surface area contributed by atoms with Crippen molar-refractivity contribution < 1.29 is 37.0 Å². The summed E-state index contributed by atoms with van der Waals surface area (Å²) in [6, 6.07) is 13.7. The summed E-state index contributed by atoms with van der Waals surface area (Å²) >= 11 is 0. The molecule has 13 heteroatoms. The maximum atomic E-state index is 12.3. The molecule has 0 unspecified atom stereocenters. The Kier molecular flexibility index (Phi) is 7.27. The van der Waals surface area contributed by atoms with E-state index in [-0.39, 0.29) is 36.4 Å². The molecule has 0 N–H and O–H groups in total. The highest BCUT2D eigenvalue weighted by molar-refractivity contribution is 5.49. The second kappa shape index (κ2) is 10.8. The molecule has 1 saturated heterocycles. The minimum Gasteiger partial charge on any atom is -0.490 e. The van der Waals surface area contributed by atoms with Crippen LogP contribution in [0.4, 0.5) is 24.7 Å². The Morgan fingerprint density at radius 1 is 1.05 bits per heavy atom. The minimum atomic E-state index is -4.70. The number of benzene rings is 2. The highest BCUT2D eigenvalue weighted by Gasteiger charge is 2.32. The van der Waals surface area contributed by atoms with Crippen molar-refractivity contribution in [1.82, 2.24) is 9.55 Å². The van der Waals surface area contributed by atoms with E-state index in [1.807, 2.05) is 24.3 Å². The number of nitro groups is 1. The Bertz CT molecular complexity index is 1220. The third-order valence-corrected chi connectivity index (χ3v) is 6.31. The number of ether oxygens (including phenoxy) is 4. The normalized spacial score (nSPS) is 17.7. The summed E-state index contributed by atoms with van der Waals surface area (Å²) in [4.78, 5) is 16.3. The van der Waals surface area contributed by atoms with Gasteiger partial charge in [-0.1, -0.05) is 12.1 Å². The summed E-state index contributed by atoms with van der Waals surface area (Å²) in [5.74, 6) is 0.204. The topological polar surface area (TPSA) is 101 Å². The first-order valence-corrected chi connectivity index (χ1v) is 12.0. The smallest absolute Gasteiger partial charge is 0.490 e. The molecule has 5 rings (SSSR count). The molecule has 202 valence electrons. The maximum Gasteiger partial charge on any atom is 0.573 e. The Morgan fingerprint density at radius 3 is 2.37 bits per heavy atom. The molecule has 1 aromatic heterocycles. The molecule has 2 aromatic carbocycles. The number of halogens is 3. The van der Waals surface area contributed by atoms with Crippen LogP contribution < -0.4 is 19.1 Å². The molecule has 0 spiro atoms. The molecular formula is C25H25F3N4O6. The minimum absolute atomic E-state index is 0.0717. The van der Waals surface area contributed by atoms with Gasteiger partial charge in [-0.25, -0.2) is 0 Å². The van der Waals surface area contributed by atoms with Gasteiger partial charge >= 0.3 is 18.2 Å². The molecule has 2 aliphatic heterocycles. The second-order valence-electron chi connectivity index (χ2n) is 9.03. The van der Waals surface area contributed by atoms with Crippen LogP contribution in [0.3, 0.4) is 0 Å². The lowest BCUT2D eigenvalue weighted by Gasteiger charge is -2.33. The average Bonchev–Trinajstić information content (AvgIpc) is 3.46. The van der Waals surface area contributed by atoms with Gasteiger partial charge in [-0.15, -0.1) is 13.2 Å². The van der Waals surface area contributed by atoms with E-state index in [0.29, 0.717) is 18.9 Å². The summed E-state index contributed by atoms with van der Waals surface area (Å²) < 4.78 is 59.7. The average molecular weight is 534 g/mol. The van der Waals surface area contributed by atoms with Gasteiger partial charge in [0.25, 0.3) is 0 Å². The molecule has 0 bridgehead atoms. The zero-order chi connectivity index (χ0) is 26.7. The summed E-state index contributed by atoms with van der Waals surface area (Å²) in [7, 11) is 0. The van der Waals surface area contributed by atoms with Gasteiger partial charge in [-0.3, -0.25) is 4.57 Å². The summed E-state index contributed by atoms with van der Waals surface area (Å²) in [6.07, 6.45) is -1.89. The van der Waals surface area contributed by atoms with Crippen molar-refractivity contribution in [1.29, 1.82) is 0 Å². The van der Waals surface area contributed by atoms with Gasteiger partial charge in [0.05, 0.1) is 19.3 Å². The summed E-state index contributed by atoms with van der Waals surface area (Å²) in [5.41, 5.74) is 1.85. The van der Waals surface area contributed by atoms with Gasteiger partial charge in [0, 0.05) is 23.8 Å². The first-order chi connectivity index (χ1) is 18.2. The van der Waals surface area contributed by atoms with Crippen molar-refractivity contribution in [3.05, 3.63) is 70.4 Å². The lowest BCUT2D eigenvalue weighted by Crippen LogP contribution is -2.36. The van der Waals surface area contributed by atoms with Crippen molar-refractivity contribution in [3.8, 4) is 17.5 Å². The van der Waals surface area contributed by atoms with E-state index in [4.69, 9.17) is 14.2 Å². The standard InChI is InChI=1S/C25H25F3N4O6/c26-25(27,28)38-21-5-1-17(2-6-21)15-35-20-9-11-30(12-10-20)18-3-7-19(8-4-18)36-16-22-13-31-14-23(32(33)34)29-24(31)37-22/h1-8,14,20,22H,9-13,15-16H2/t22-/m1/s1. The van der Waals surface area contributed by atoms with E-state index in [1.54, 1.807) is 16.7 Å². The van der Waals surface area contributed by atoms with Gasteiger partial charge in [0.2, 0.25) is 0 Å². The highest BCUT2D eigenvalue weighted by Crippen LogP contribution is 2.28. The highest BCUT2D eigenvalue weighted by atomic mass is 19.4.